The minimum Gasteiger partial charge on any atom is -0.375 e. The minimum atomic E-state index is -0.216. The van der Waals surface area contributed by atoms with Crippen molar-refractivity contribution >= 4 is 39.7 Å². The molecular formula is C12H12ClN3OS. The van der Waals surface area contributed by atoms with Crippen LogP contribution in [0, 0.1) is 13.8 Å². The zero-order chi connectivity index (χ0) is 13.3. The van der Waals surface area contributed by atoms with E-state index in [0.717, 1.165) is 5.56 Å². The van der Waals surface area contributed by atoms with E-state index >= 15 is 0 Å². The van der Waals surface area contributed by atoms with E-state index in [0.29, 0.717) is 26.4 Å². The number of aromatic nitrogens is 1. The van der Waals surface area contributed by atoms with Crippen LogP contribution in [0.5, 0.6) is 0 Å². The van der Waals surface area contributed by atoms with E-state index in [1.165, 1.54) is 11.3 Å². The molecule has 1 aromatic carbocycles. The quantitative estimate of drug-likeness (QED) is 0.888. The first-order valence-corrected chi connectivity index (χ1v) is 6.47. The Morgan fingerprint density at radius 2 is 2.17 bits per heavy atom. The van der Waals surface area contributed by atoms with Gasteiger partial charge in [-0.05, 0) is 31.5 Å². The van der Waals surface area contributed by atoms with Gasteiger partial charge in [-0.3, -0.25) is 4.79 Å². The van der Waals surface area contributed by atoms with Crippen molar-refractivity contribution in [2.75, 3.05) is 11.1 Å². The molecule has 3 N–H and O–H groups in total. The second kappa shape index (κ2) is 4.96. The largest absolute Gasteiger partial charge is 0.375 e. The molecule has 1 aromatic heterocycles. The number of rotatable bonds is 2. The van der Waals surface area contributed by atoms with Crippen LogP contribution in [-0.2, 0) is 0 Å². The van der Waals surface area contributed by atoms with Gasteiger partial charge < -0.3 is 11.1 Å². The van der Waals surface area contributed by atoms with E-state index < -0.39 is 0 Å². The van der Waals surface area contributed by atoms with Gasteiger partial charge in [0.1, 0.15) is 4.88 Å². The topological polar surface area (TPSA) is 68.0 Å². The Morgan fingerprint density at radius 3 is 2.78 bits per heavy atom. The Balaban J connectivity index is 2.26. The monoisotopic (exact) mass is 281 g/mol. The fourth-order valence-corrected chi connectivity index (χ4v) is 2.44. The lowest BCUT2D eigenvalue weighted by Crippen LogP contribution is -2.12. The van der Waals surface area contributed by atoms with Gasteiger partial charge in [-0.25, -0.2) is 4.98 Å². The summed E-state index contributed by atoms with van der Waals surface area (Å²) in [6.07, 6.45) is 0. The van der Waals surface area contributed by atoms with Crippen molar-refractivity contribution in [3.8, 4) is 0 Å². The van der Waals surface area contributed by atoms with Gasteiger partial charge in [-0.2, -0.15) is 0 Å². The van der Waals surface area contributed by atoms with Crippen LogP contribution in [0.15, 0.2) is 18.2 Å². The number of carbonyl (C=O) groups is 1. The van der Waals surface area contributed by atoms with Crippen molar-refractivity contribution in [3.05, 3.63) is 39.4 Å². The van der Waals surface area contributed by atoms with Gasteiger partial charge in [0.05, 0.1) is 5.69 Å². The molecule has 0 atom stereocenters. The molecule has 0 saturated heterocycles. The lowest BCUT2D eigenvalue weighted by Gasteiger charge is -2.07. The van der Waals surface area contributed by atoms with Crippen LogP contribution < -0.4 is 11.1 Å². The number of halogens is 1. The van der Waals surface area contributed by atoms with E-state index in [1.54, 1.807) is 19.1 Å². The fraction of sp³-hybridized carbons (Fsp3) is 0.167. The third-order valence-electron chi connectivity index (χ3n) is 2.47. The Labute approximate surface area is 114 Å². The first-order valence-electron chi connectivity index (χ1n) is 5.28. The number of nitrogen functional groups attached to an aromatic ring is 1. The summed E-state index contributed by atoms with van der Waals surface area (Å²) in [6, 6.07) is 5.35. The number of nitrogens with zero attached hydrogens (tertiary/aromatic N) is 1. The highest BCUT2D eigenvalue weighted by Gasteiger charge is 2.15. The number of amides is 1. The number of aryl methyl sites for hydroxylation is 2. The average Bonchev–Trinajstić information content (AvgIpc) is 2.63. The summed E-state index contributed by atoms with van der Waals surface area (Å²) in [4.78, 5) is 16.6. The third kappa shape index (κ3) is 2.63. The van der Waals surface area contributed by atoms with Crippen molar-refractivity contribution in [1.82, 2.24) is 4.98 Å². The van der Waals surface area contributed by atoms with E-state index in [4.69, 9.17) is 17.3 Å². The SMILES string of the molecule is Cc1ccc(Cl)cc1NC(=O)c1sc(N)nc1C. The number of hydrogen-bond acceptors (Lipinski definition) is 4. The standard InChI is InChI=1S/C12H12ClN3OS/c1-6-3-4-8(13)5-9(6)16-11(17)10-7(2)15-12(14)18-10/h3-5H,1-2H3,(H2,14,15)(H,16,17). The van der Waals surface area contributed by atoms with Gasteiger partial charge >= 0.3 is 0 Å². The summed E-state index contributed by atoms with van der Waals surface area (Å²) in [5.74, 6) is -0.216. The van der Waals surface area contributed by atoms with E-state index in [2.05, 4.69) is 10.3 Å². The second-order valence-corrected chi connectivity index (χ2v) is 5.35. The van der Waals surface area contributed by atoms with Crippen molar-refractivity contribution in [3.63, 3.8) is 0 Å². The normalized spacial score (nSPS) is 10.4. The van der Waals surface area contributed by atoms with Crippen LogP contribution in [0.4, 0.5) is 10.8 Å². The van der Waals surface area contributed by atoms with E-state index in [-0.39, 0.29) is 5.91 Å². The Bertz CT molecular complexity index is 609. The third-order valence-corrected chi connectivity index (χ3v) is 3.69. The van der Waals surface area contributed by atoms with Gasteiger partial charge in [0.15, 0.2) is 5.13 Å². The molecule has 4 nitrogen and oxygen atoms in total. The molecule has 0 bridgehead atoms. The molecule has 1 amide bonds. The van der Waals surface area contributed by atoms with Gasteiger partial charge in [-0.15, -0.1) is 0 Å². The fourth-order valence-electron chi connectivity index (χ4n) is 1.54. The van der Waals surface area contributed by atoms with Crippen molar-refractivity contribution in [1.29, 1.82) is 0 Å². The molecule has 0 spiro atoms. The maximum Gasteiger partial charge on any atom is 0.267 e. The molecule has 0 aliphatic rings. The highest BCUT2D eigenvalue weighted by Crippen LogP contribution is 2.24. The molecule has 0 aliphatic carbocycles. The van der Waals surface area contributed by atoms with E-state index in [9.17, 15) is 4.79 Å². The summed E-state index contributed by atoms with van der Waals surface area (Å²) in [5.41, 5.74) is 7.85. The molecular weight excluding hydrogens is 270 g/mol. The van der Waals surface area contributed by atoms with Crippen LogP contribution in [0.1, 0.15) is 20.9 Å². The summed E-state index contributed by atoms with van der Waals surface area (Å²) >= 11 is 7.07. The predicted molar refractivity (Wildman–Crippen MR) is 75.4 cm³/mol. The van der Waals surface area contributed by atoms with E-state index in [1.807, 2.05) is 13.0 Å². The van der Waals surface area contributed by atoms with Crippen LogP contribution in [-0.4, -0.2) is 10.9 Å². The highest BCUT2D eigenvalue weighted by molar-refractivity contribution is 7.17. The van der Waals surface area contributed by atoms with Crippen LogP contribution in [0.25, 0.3) is 0 Å². The number of hydrogen-bond donors (Lipinski definition) is 2. The van der Waals surface area contributed by atoms with Crippen molar-refractivity contribution in [2.24, 2.45) is 0 Å². The maximum absolute atomic E-state index is 12.1. The molecule has 0 fully saturated rings. The van der Waals surface area contributed by atoms with Gasteiger partial charge in [0.25, 0.3) is 5.91 Å². The van der Waals surface area contributed by atoms with Crippen LogP contribution >= 0.6 is 22.9 Å². The molecule has 6 heteroatoms. The molecule has 18 heavy (non-hydrogen) atoms. The summed E-state index contributed by atoms with van der Waals surface area (Å²) < 4.78 is 0. The molecule has 0 aliphatic heterocycles. The lowest BCUT2D eigenvalue weighted by molar-refractivity contribution is 0.102. The lowest BCUT2D eigenvalue weighted by atomic mass is 10.2. The number of thiazole rings is 1. The first-order chi connectivity index (χ1) is 8.47. The number of nitrogens with one attached hydrogen (secondary N) is 1. The number of carbonyl (C=O) groups excluding carboxylic acids is 1. The van der Waals surface area contributed by atoms with Crippen molar-refractivity contribution < 1.29 is 4.79 Å². The summed E-state index contributed by atoms with van der Waals surface area (Å²) in [5, 5.41) is 3.78. The smallest absolute Gasteiger partial charge is 0.267 e. The summed E-state index contributed by atoms with van der Waals surface area (Å²) in [6.45, 7) is 3.66. The zero-order valence-electron chi connectivity index (χ0n) is 9.95. The average molecular weight is 282 g/mol. The second-order valence-electron chi connectivity index (χ2n) is 3.88. The first kappa shape index (κ1) is 12.9. The van der Waals surface area contributed by atoms with Crippen LogP contribution in [0.3, 0.4) is 0 Å². The predicted octanol–water partition coefficient (Wildman–Crippen LogP) is 3.25. The molecule has 94 valence electrons. The number of nitrogens with two attached hydrogens (primary N) is 1. The van der Waals surface area contributed by atoms with Crippen molar-refractivity contribution in [2.45, 2.75) is 13.8 Å². The zero-order valence-corrected chi connectivity index (χ0v) is 11.5. The molecule has 0 radical (unpaired) electrons. The Morgan fingerprint density at radius 1 is 1.44 bits per heavy atom. The Hall–Kier alpha value is -1.59. The van der Waals surface area contributed by atoms with Gasteiger partial charge in [0, 0.05) is 10.7 Å². The number of benzene rings is 1. The van der Waals surface area contributed by atoms with Gasteiger partial charge in [-0.1, -0.05) is 29.0 Å². The van der Waals surface area contributed by atoms with Gasteiger partial charge in [0.2, 0.25) is 0 Å². The highest BCUT2D eigenvalue weighted by atomic mass is 35.5. The van der Waals surface area contributed by atoms with Crippen LogP contribution in [0.2, 0.25) is 5.02 Å². The molecule has 0 saturated carbocycles. The molecule has 1 heterocycles. The molecule has 2 aromatic rings. The molecule has 0 unspecified atom stereocenters. The Kier molecular flexibility index (Phi) is 3.54. The summed E-state index contributed by atoms with van der Waals surface area (Å²) in [7, 11) is 0. The maximum atomic E-state index is 12.1. The molecule has 2 rings (SSSR count). The number of anilines is 2. The minimum absolute atomic E-state index is 0.216.